The van der Waals surface area contributed by atoms with Crippen LogP contribution in [0.15, 0.2) is 58.6 Å². The number of ketones is 2. The summed E-state index contributed by atoms with van der Waals surface area (Å²) in [5.41, 5.74) is 2.50. The summed E-state index contributed by atoms with van der Waals surface area (Å²) in [4.78, 5) is 24.8. The Morgan fingerprint density at radius 1 is 0.958 bits per heavy atom. The summed E-state index contributed by atoms with van der Waals surface area (Å²) >= 11 is 0. The van der Waals surface area contributed by atoms with Gasteiger partial charge in [0.05, 0.1) is 10.6 Å². The summed E-state index contributed by atoms with van der Waals surface area (Å²) < 4.78 is 31.6. The molecule has 0 saturated heterocycles. The molecule has 0 atom stereocenters. The van der Waals surface area contributed by atoms with Crippen molar-refractivity contribution in [3.05, 3.63) is 70.4 Å². The third-order valence-electron chi connectivity index (χ3n) is 4.22. The van der Waals surface area contributed by atoms with Crippen LogP contribution in [0, 0.1) is 0 Å². The zero-order chi connectivity index (χ0) is 17.1. The first kappa shape index (κ1) is 14.8. The Morgan fingerprint density at radius 2 is 1.71 bits per heavy atom. The lowest BCUT2D eigenvalue weighted by Crippen LogP contribution is -2.09. The second-order valence-electron chi connectivity index (χ2n) is 5.65. The number of nitrogens with one attached hydrogen (secondary N) is 1. The van der Waals surface area contributed by atoms with Gasteiger partial charge in [0.2, 0.25) is 5.78 Å². The standard InChI is InChI=1S/C17H11NO5S/c19-16-11-6-5-10(24(21,22)23)7-9(11)8-13(16)15-17(20)12-3-1-2-4-14(12)18-15/h1-7,18H,8H2,(H,21,22,23)/b15-13-. The van der Waals surface area contributed by atoms with Crippen LogP contribution in [0.5, 0.6) is 0 Å². The molecule has 2 aromatic carbocycles. The molecule has 0 fully saturated rings. The zero-order valence-corrected chi connectivity index (χ0v) is 13.1. The molecule has 2 aliphatic rings. The minimum atomic E-state index is -4.34. The molecule has 120 valence electrons. The number of hydrogen-bond donors (Lipinski definition) is 2. The number of Topliss-reactive ketones (excluding diaryl/α,β-unsaturated/α-hetero) is 2. The van der Waals surface area contributed by atoms with E-state index in [-0.39, 0.29) is 28.6 Å². The second kappa shape index (κ2) is 4.86. The van der Waals surface area contributed by atoms with Crippen molar-refractivity contribution in [1.29, 1.82) is 0 Å². The third-order valence-corrected chi connectivity index (χ3v) is 5.07. The molecule has 2 aromatic rings. The molecule has 0 saturated carbocycles. The van der Waals surface area contributed by atoms with Crippen LogP contribution in [0.3, 0.4) is 0 Å². The molecule has 0 bridgehead atoms. The Hall–Kier alpha value is -2.77. The Bertz CT molecular complexity index is 1070. The van der Waals surface area contributed by atoms with Crippen LogP contribution in [0.2, 0.25) is 0 Å². The Morgan fingerprint density at radius 3 is 2.42 bits per heavy atom. The maximum absolute atomic E-state index is 12.6. The van der Waals surface area contributed by atoms with E-state index in [9.17, 15) is 18.0 Å². The number of hydrogen-bond acceptors (Lipinski definition) is 5. The quantitative estimate of drug-likeness (QED) is 0.609. The summed E-state index contributed by atoms with van der Waals surface area (Å²) in [5.74, 6) is -0.563. The lowest BCUT2D eigenvalue weighted by Gasteiger charge is -2.02. The monoisotopic (exact) mass is 341 g/mol. The van der Waals surface area contributed by atoms with Crippen LogP contribution in [0.1, 0.15) is 26.3 Å². The minimum Gasteiger partial charge on any atom is -0.351 e. The van der Waals surface area contributed by atoms with E-state index in [1.165, 1.54) is 18.2 Å². The minimum absolute atomic E-state index is 0.138. The number of fused-ring (bicyclic) bond motifs is 2. The van der Waals surface area contributed by atoms with Gasteiger partial charge < -0.3 is 5.32 Å². The molecule has 0 unspecified atom stereocenters. The normalized spacial score (nSPS) is 19.2. The lowest BCUT2D eigenvalue weighted by molar-refractivity contribution is 0.101. The molecule has 1 aliphatic carbocycles. The molecule has 7 heteroatoms. The fourth-order valence-corrected chi connectivity index (χ4v) is 3.59. The van der Waals surface area contributed by atoms with E-state index < -0.39 is 10.1 Å². The largest absolute Gasteiger partial charge is 0.351 e. The summed E-state index contributed by atoms with van der Waals surface area (Å²) in [7, 11) is -4.34. The number of allylic oxidation sites excluding steroid dienone is 2. The molecule has 0 radical (unpaired) electrons. The van der Waals surface area contributed by atoms with E-state index in [2.05, 4.69) is 5.32 Å². The number of anilines is 1. The Kier molecular flexibility index (Phi) is 3.00. The van der Waals surface area contributed by atoms with Gasteiger partial charge in [0.1, 0.15) is 0 Å². The molecule has 24 heavy (non-hydrogen) atoms. The average molecular weight is 341 g/mol. The second-order valence-corrected chi connectivity index (χ2v) is 7.07. The van der Waals surface area contributed by atoms with Gasteiger partial charge in [-0.3, -0.25) is 14.1 Å². The van der Waals surface area contributed by atoms with Gasteiger partial charge in [-0.25, -0.2) is 0 Å². The first-order chi connectivity index (χ1) is 11.4. The topological polar surface area (TPSA) is 101 Å². The van der Waals surface area contributed by atoms with Crippen LogP contribution in [-0.4, -0.2) is 24.5 Å². The maximum Gasteiger partial charge on any atom is 0.294 e. The highest BCUT2D eigenvalue weighted by atomic mass is 32.2. The summed E-state index contributed by atoms with van der Waals surface area (Å²) in [5, 5.41) is 2.98. The fourth-order valence-electron chi connectivity index (χ4n) is 3.06. The van der Waals surface area contributed by atoms with Crippen molar-refractivity contribution >= 4 is 27.4 Å². The number of para-hydroxylation sites is 1. The van der Waals surface area contributed by atoms with Crippen LogP contribution >= 0.6 is 0 Å². The molecule has 2 N–H and O–H groups in total. The van der Waals surface area contributed by atoms with Gasteiger partial charge in [-0.15, -0.1) is 0 Å². The van der Waals surface area contributed by atoms with Gasteiger partial charge in [0.15, 0.2) is 5.78 Å². The van der Waals surface area contributed by atoms with Crippen LogP contribution in [0.25, 0.3) is 0 Å². The van der Waals surface area contributed by atoms with Crippen LogP contribution in [-0.2, 0) is 16.5 Å². The van der Waals surface area contributed by atoms with Gasteiger partial charge in [0.25, 0.3) is 10.1 Å². The highest BCUT2D eigenvalue weighted by Gasteiger charge is 2.34. The van der Waals surface area contributed by atoms with Gasteiger partial charge in [-0.05, 0) is 35.9 Å². The molecule has 0 spiro atoms. The fraction of sp³-hybridized carbons (Fsp3) is 0.0588. The molecule has 1 aliphatic heterocycles. The van der Waals surface area contributed by atoms with Crippen molar-refractivity contribution in [1.82, 2.24) is 0 Å². The Labute approximate surface area is 137 Å². The van der Waals surface area contributed by atoms with Crippen molar-refractivity contribution in [3.63, 3.8) is 0 Å². The smallest absolute Gasteiger partial charge is 0.294 e. The van der Waals surface area contributed by atoms with Gasteiger partial charge >= 0.3 is 0 Å². The van der Waals surface area contributed by atoms with E-state index >= 15 is 0 Å². The average Bonchev–Trinajstić information content (AvgIpc) is 3.04. The van der Waals surface area contributed by atoms with E-state index in [0.717, 1.165) is 0 Å². The maximum atomic E-state index is 12.6. The van der Waals surface area contributed by atoms with E-state index in [1.54, 1.807) is 24.3 Å². The number of benzene rings is 2. The Balaban J connectivity index is 1.81. The molecule has 1 heterocycles. The SMILES string of the molecule is O=C1/C(=C2\Nc3ccccc3C2=O)Cc2cc(S(=O)(=O)O)ccc21. The van der Waals surface area contributed by atoms with Gasteiger partial charge in [0, 0.05) is 28.8 Å². The molecule has 6 nitrogen and oxygen atoms in total. The van der Waals surface area contributed by atoms with Crippen LogP contribution in [0.4, 0.5) is 5.69 Å². The first-order valence-corrected chi connectivity index (χ1v) is 8.59. The molecule has 0 amide bonds. The predicted octanol–water partition coefficient (Wildman–Crippen LogP) is 2.23. The number of rotatable bonds is 1. The molecular weight excluding hydrogens is 330 g/mol. The van der Waals surface area contributed by atoms with E-state index in [1.807, 2.05) is 0 Å². The van der Waals surface area contributed by atoms with E-state index in [4.69, 9.17) is 4.55 Å². The highest BCUT2D eigenvalue weighted by Crippen LogP contribution is 2.35. The predicted molar refractivity (Wildman–Crippen MR) is 85.7 cm³/mol. The summed E-state index contributed by atoms with van der Waals surface area (Å²) in [6.45, 7) is 0. The summed E-state index contributed by atoms with van der Waals surface area (Å²) in [6.07, 6.45) is 0.138. The lowest BCUT2D eigenvalue weighted by atomic mass is 10.1. The van der Waals surface area contributed by atoms with Crippen molar-refractivity contribution in [3.8, 4) is 0 Å². The third kappa shape index (κ3) is 2.10. The van der Waals surface area contributed by atoms with Crippen molar-refractivity contribution in [2.45, 2.75) is 11.3 Å². The first-order valence-electron chi connectivity index (χ1n) is 7.15. The van der Waals surface area contributed by atoms with Gasteiger partial charge in [-0.2, -0.15) is 8.42 Å². The van der Waals surface area contributed by atoms with Gasteiger partial charge in [-0.1, -0.05) is 12.1 Å². The van der Waals surface area contributed by atoms with Crippen molar-refractivity contribution < 1.29 is 22.6 Å². The van der Waals surface area contributed by atoms with Crippen LogP contribution < -0.4 is 5.32 Å². The highest BCUT2D eigenvalue weighted by molar-refractivity contribution is 7.85. The molecular formula is C17H11NO5S. The molecule has 4 rings (SSSR count). The van der Waals surface area contributed by atoms with Crippen molar-refractivity contribution in [2.24, 2.45) is 0 Å². The molecule has 0 aromatic heterocycles. The number of carbonyl (C=O) groups excluding carboxylic acids is 2. The van der Waals surface area contributed by atoms with E-state index in [0.29, 0.717) is 28.0 Å². The summed E-state index contributed by atoms with van der Waals surface area (Å²) in [6, 6.07) is 10.8. The van der Waals surface area contributed by atoms with Crippen molar-refractivity contribution in [2.75, 3.05) is 5.32 Å². The number of carbonyl (C=O) groups is 2. The zero-order valence-electron chi connectivity index (χ0n) is 12.2.